The molecule has 3 nitrogen and oxygen atoms in total. The highest BCUT2D eigenvalue weighted by Crippen LogP contribution is 2.17. The highest BCUT2D eigenvalue weighted by Gasteiger charge is 2.17. The van der Waals surface area contributed by atoms with Gasteiger partial charge < -0.3 is 10.1 Å². The van der Waals surface area contributed by atoms with E-state index in [0.29, 0.717) is 29.7 Å². The van der Waals surface area contributed by atoms with Crippen molar-refractivity contribution < 1.29 is 9.53 Å². The van der Waals surface area contributed by atoms with Gasteiger partial charge in [0.15, 0.2) is 6.10 Å². The van der Waals surface area contributed by atoms with Gasteiger partial charge in [-0.25, -0.2) is 0 Å². The monoisotopic (exact) mass is 283 g/mol. The zero-order valence-corrected chi connectivity index (χ0v) is 12.5. The zero-order chi connectivity index (χ0) is 14.3. The van der Waals surface area contributed by atoms with Crippen molar-refractivity contribution in [2.24, 2.45) is 5.92 Å². The lowest BCUT2D eigenvalue weighted by molar-refractivity contribution is -0.128. The van der Waals surface area contributed by atoms with Crippen molar-refractivity contribution in [3.63, 3.8) is 0 Å². The average molecular weight is 284 g/mol. The van der Waals surface area contributed by atoms with Crippen molar-refractivity contribution >= 4 is 17.5 Å². The van der Waals surface area contributed by atoms with E-state index < -0.39 is 6.10 Å². The van der Waals surface area contributed by atoms with Gasteiger partial charge in [0.2, 0.25) is 0 Å². The van der Waals surface area contributed by atoms with Crippen LogP contribution in [0.4, 0.5) is 0 Å². The summed E-state index contributed by atoms with van der Waals surface area (Å²) in [6.07, 6.45) is 1.16. The molecule has 0 fully saturated rings. The largest absolute Gasteiger partial charge is 0.481 e. The summed E-state index contributed by atoms with van der Waals surface area (Å²) in [4.78, 5) is 12.0. The number of benzene rings is 1. The molecule has 19 heavy (non-hydrogen) atoms. The number of halogens is 1. The molecule has 0 saturated carbocycles. The van der Waals surface area contributed by atoms with Crippen molar-refractivity contribution in [1.82, 2.24) is 5.32 Å². The topological polar surface area (TPSA) is 38.3 Å². The van der Waals surface area contributed by atoms with E-state index in [1.807, 2.05) is 6.92 Å². The molecule has 0 aliphatic rings. The molecule has 1 amide bonds. The van der Waals surface area contributed by atoms with Crippen LogP contribution in [-0.2, 0) is 4.79 Å². The molecule has 0 aliphatic heterocycles. The van der Waals surface area contributed by atoms with Crippen LogP contribution in [0.25, 0.3) is 0 Å². The van der Waals surface area contributed by atoms with Crippen molar-refractivity contribution in [2.75, 3.05) is 6.54 Å². The quantitative estimate of drug-likeness (QED) is 0.829. The minimum Gasteiger partial charge on any atom is -0.481 e. The molecule has 0 aliphatic carbocycles. The summed E-state index contributed by atoms with van der Waals surface area (Å²) < 4.78 is 5.67. The molecule has 0 radical (unpaired) electrons. The van der Waals surface area contributed by atoms with Gasteiger partial charge in [-0.2, -0.15) is 0 Å². The van der Waals surface area contributed by atoms with Gasteiger partial charge in [0.25, 0.3) is 5.91 Å². The van der Waals surface area contributed by atoms with E-state index in [9.17, 15) is 4.79 Å². The fraction of sp³-hybridized carbons (Fsp3) is 0.533. The van der Waals surface area contributed by atoms with Crippen molar-refractivity contribution in [3.8, 4) is 5.75 Å². The van der Waals surface area contributed by atoms with E-state index in [2.05, 4.69) is 19.2 Å². The Hall–Kier alpha value is -1.22. The number of ether oxygens (including phenoxy) is 1. The molecule has 0 heterocycles. The molecule has 1 N–H and O–H groups in total. The van der Waals surface area contributed by atoms with Crippen molar-refractivity contribution in [1.29, 1.82) is 0 Å². The number of hydrogen-bond donors (Lipinski definition) is 1. The number of amides is 1. The van der Waals surface area contributed by atoms with E-state index in [-0.39, 0.29) is 5.91 Å². The Labute approximate surface area is 120 Å². The third-order valence-electron chi connectivity index (χ3n) is 2.78. The summed E-state index contributed by atoms with van der Waals surface area (Å²) in [5.74, 6) is 1.19. The molecule has 1 aromatic rings. The van der Waals surface area contributed by atoms with Crippen LogP contribution in [-0.4, -0.2) is 18.6 Å². The molecular weight excluding hydrogens is 262 g/mol. The fourth-order valence-corrected chi connectivity index (χ4v) is 1.72. The summed E-state index contributed by atoms with van der Waals surface area (Å²) in [5.41, 5.74) is 0. The number of hydrogen-bond acceptors (Lipinski definition) is 2. The first-order chi connectivity index (χ1) is 9.02. The molecule has 0 bridgehead atoms. The number of nitrogens with one attached hydrogen (secondary N) is 1. The molecule has 0 unspecified atom stereocenters. The molecule has 0 spiro atoms. The predicted molar refractivity (Wildman–Crippen MR) is 78.6 cm³/mol. The Morgan fingerprint density at radius 2 is 1.95 bits per heavy atom. The lowest BCUT2D eigenvalue weighted by atomic mass is 10.1. The van der Waals surface area contributed by atoms with Crippen LogP contribution in [0.3, 0.4) is 0 Å². The van der Waals surface area contributed by atoms with E-state index >= 15 is 0 Å². The van der Waals surface area contributed by atoms with Gasteiger partial charge in [0, 0.05) is 11.6 Å². The molecule has 1 atom stereocenters. The van der Waals surface area contributed by atoms with Gasteiger partial charge in [-0.15, -0.1) is 0 Å². The normalized spacial score (nSPS) is 12.3. The molecule has 0 saturated heterocycles. The van der Waals surface area contributed by atoms with Gasteiger partial charge in [-0.05, 0) is 43.0 Å². The van der Waals surface area contributed by atoms with E-state index in [1.165, 1.54) is 0 Å². The van der Waals surface area contributed by atoms with E-state index in [4.69, 9.17) is 16.3 Å². The lowest BCUT2D eigenvalue weighted by Crippen LogP contribution is -2.38. The Morgan fingerprint density at radius 3 is 2.47 bits per heavy atom. The molecule has 4 heteroatoms. The summed E-state index contributed by atoms with van der Waals surface area (Å²) in [6, 6.07) is 7.04. The standard InChI is InChI=1S/C15H22ClNO2/c1-4-14(15(18)17-10-9-11(2)3)19-13-7-5-12(16)6-8-13/h5-8,11,14H,4,9-10H2,1-3H3,(H,17,18)/t14-/m1/s1. The molecular formula is C15H22ClNO2. The van der Waals surface area contributed by atoms with Crippen LogP contribution < -0.4 is 10.1 Å². The van der Waals surface area contributed by atoms with Crippen LogP contribution in [0.15, 0.2) is 24.3 Å². The first kappa shape index (κ1) is 15.8. The highest BCUT2D eigenvalue weighted by atomic mass is 35.5. The Morgan fingerprint density at radius 1 is 1.32 bits per heavy atom. The minimum atomic E-state index is -0.451. The summed E-state index contributed by atoms with van der Waals surface area (Å²) >= 11 is 5.81. The summed E-state index contributed by atoms with van der Waals surface area (Å²) in [7, 11) is 0. The first-order valence-corrected chi connectivity index (χ1v) is 7.10. The van der Waals surface area contributed by atoms with Crippen LogP contribution in [0, 0.1) is 5.92 Å². The van der Waals surface area contributed by atoms with Gasteiger partial charge in [-0.3, -0.25) is 4.79 Å². The second-order valence-corrected chi connectivity index (χ2v) is 5.38. The minimum absolute atomic E-state index is 0.0573. The highest BCUT2D eigenvalue weighted by molar-refractivity contribution is 6.30. The van der Waals surface area contributed by atoms with Crippen LogP contribution in [0.2, 0.25) is 5.02 Å². The maximum Gasteiger partial charge on any atom is 0.261 e. The second-order valence-electron chi connectivity index (χ2n) is 4.94. The van der Waals surface area contributed by atoms with Gasteiger partial charge in [-0.1, -0.05) is 32.4 Å². The van der Waals surface area contributed by atoms with Gasteiger partial charge >= 0.3 is 0 Å². The number of carbonyl (C=O) groups excluding carboxylic acids is 1. The van der Waals surface area contributed by atoms with Crippen LogP contribution in [0.1, 0.15) is 33.6 Å². The van der Waals surface area contributed by atoms with Gasteiger partial charge in [0.05, 0.1) is 0 Å². The maximum absolute atomic E-state index is 12.0. The summed E-state index contributed by atoms with van der Waals surface area (Å²) in [5, 5.41) is 3.56. The first-order valence-electron chi connectivity index (χ1n) is 6.72. The average Bonchev–Trinajstić information content (AvgIpc) is 2.37. The van der Waals surface area contributed by atoms with E-state index in [0.717, 1.165) is 6.42 Å². The summed E-state index contributed by atoms with van der Waals surface area (Å²) in [6.45, 7) is 6.89. The predicted octanol–water partition coefficient (Wildman–Crippen LogP) is 3.66. The molecule has 0 aromatic heterocycles. The third kappa shape index (κ3) is 5.97. The third-order valence-corrected chi connectivity index (χ3v) is 3.03. The van der Waals surface area contributed by atoms with Crippen molar-refractivity contribution in [3.05, 3.63) is 29.3 Å². The molecule has 1 aromatic carbocycles. The molecule has 106 valence electrons. The van der Waals surface area contributed by atoms with Crippen molar-refractivity contribution in [2.45, 2.75) is 39.7 Å². The zero-order valence-electron chi connectivity index (χ0n) is 11.8. The molecule has 1 rings (SSSR count). The lowest BCUT2D eigenvalue weighted by Gasteiger charge is -2.17. The number of rotatable bonds is 7. The Balaban J connectivity index is 2.48. The van der Waals surface area contributed by atoms with E-state index in [1.54, 1.807) is 24.3 Å². The van der Waals surface area contributed by atoms with Gasteiger partial charge in [0.1, 0.15) is 5.75 Å². The maximum atomic E-state index is 12.0. The smallest absolute Gasteiger partial charge is 0.261 e. The Bertz CT molecular complexity index is 390. The van der Waals surface area contributed by atoms with Crippen LogP contribution >= 0.6 is 11.6 Å². The Kier molecular flexibility index (Phi) is 6.71. The SMILES string of the molecule is CC[C@@H](Oc1ccc(Cl)cc1)C(=O)NCCC(C)C. The second kappa shape index (κ2) is 8.05. The van der Waals surface area contributed by atoms with Crippen LogP contribution in [0.5, 0.6) is 5.75 Å². The number of carbonyl (C=O) groups is 1. The fourth-order valence-electron chi connectivity index (χ4n) is 1.60.